The van der Waals surface area contributed by atoms with Gasteiger partial charge < -0.3 is 20.0 Å². The fraction of sp³-hybridized carbons (Fsp3) is 0.600. The smallest absolute Gasteiger partial charge is 0.258 e. The third-order valence-corrected chi connectivity index (χ3v) is 6.42. The van der Waals surface area contributed by atoms with E-state index in [2.05, 4.69) is 5.32 Å². The van der Waals surface area contributed by atoms with Gasteiger partial charge in [0.2, 0.25) is 0 Å². The zero-order valence-corrected chi connectivity index (χ0v) is 14.6. The number of carboxylic acids is 1. The highest BCUT2D eigenvalue weighted by molar-refractivity contribution is 5.84. The van der Waals surface area contributed by atoms with Crippen LogP contribution in [0.25, 0.3) is 0 Å². The molecule has 0 radical (unpaired) electrons. The Morgan fingerprint density at radius 2 is 1.65 bits per heavy atom. The van der Waals surface area contributed by atoms with Crippen LogP contribution in [-0.2, 0) is 9.59 Å². The molecule has 0 saturated heterocycles. The normalized spacial score (nSPS) is 32.9. The number of nitrogens with one attached hydrogen (secondary N) is 1. The Bertz CT molecular complexity index is 667. The van der Waals surface area contributed by atoms with Crippen molar-refractivity contribution in [2.24, 2.45) is 23.2 Å². The maximum Gasteiger partial charge on any atom is 0.258 e. The summed E-state index contributed by atoms with van der Waals surface area (Å²) in [6.45, 7) is -0.304. The number of benzene rings is 1. The average molecular weight is 360 g/mol. The van der Waals surface area contributed by atoms with Gasteiger partial charge in [0.05, 0.1) is 12.0 Å². The lowest BCUT2D eigenvalue weighted by atomic mass is 9.47. The van der Waals surface area contributed by atoms with Gasteiger partial charge in [-0.05, 0) is 86.0 Å². The van der Waals surface area contributed by atoms with Gasteiger partial charge in [-0.15, -0.1) is 0 Å². The largest absolute Gasteiger partial charge is 0.548 e. The molecule has 1 atom stereocenters. The van der Waals surface area contributed by atoms with Crippen LogP contribution < -0.4 is 15.2 Å². The van der Waals surface area contributed by atoms with E-state index in [-0.39, 0.29) is 17.8 Å². The van der Waals surface area contributed by atoms with Gasteiger partial charge in [0.1, 0.15) is 11.6 Å². The van der Waals surface area contributed by atoms with Crippen molar-refractivity contribution in [2.45, 2.75) is 44.6 Å². The van der Waals surface area contributed by atoms with Crippen molar-refractivity contribution in [3.8, 4) is 5.75 Å². The average Bonchev–Trinajstić information content (AvgIpc) is 2.57. The van der Waals surface area contributed by atoms with Crippen LogP contribution in [0.15, 0.2) is 24.3 Å². The van der Waals surface area contributed by atoms with Crippen LogP contribution in [0.5, 0.6) is 5.75 Å². The first kappa shape index (κ1) is 17.3. The Balaban J connectivity index is 1.41. The number of amides is 1. The summed E-state index contributed by atoms with van der Waals surface area (Å²) in [6, 6.07) is 4.37. The van der Waals surface area contributed by atoms with E-state index in [0.29, 0.717) is 23.5 Å². The van der Waals surface area contributed by atoms with Crippen LogP contribution in [-0.4, -0.2) is 24.5 Å². The molecule has 5 rings (SSSR count). The molecule has 4 saturated carbocycles. The molecular weight excluding hydrogens is 337 g/mol. The molecule has 5 nitrogen and oxygen atoms in total. The Morgan fingerprint density at radius 3 is 2.15 bits per heavy atom. The lowest BCUT2D eigenvalue weighted by Crippen LogP contribution is -2.63. The highest BCUT2D eigenvalue weighted by Crippen LogP contribution is 2.61. The van der Waals surface area contributed by atoms with Gasteiger partial charge in [-0.25, -0.2) is 4.39 Å². The van der Waals surface area contributed by atoms with E-state index in [9.17, 15) is 19.1 Å². The Kier molecular flexibility index (Phi) is 4.37. The summed E-state index contributed by atoms with van der Waals surface area (Å²) in [5.41, 5.74) is -0.376. The van der Waals surface area contributed by atoms with E-state index in [1.165, 1.54) is 43.5 Å². The van der Waals surface area contributed by atoms with Gasteiger partial charge in [-0.2, -0.15) is 0 Å². The van der Waals surface area contributed by atoms with Crippen molar-refractivity contribution in [1.82, 2.24) is 5.32 Å². The van der Waals surface area contributed by atoms with Crippen LogP contribution >= 0.6 is 0 Å². The van der Waals surface area contributed by atoms with Crippen LogP contribution in [0, 0.1) is 29.0 Å². The fourth-order valence-electron chi connectivity index (χ4n) is 5.88. The zero-order chi connectivity index (χ0) is 18.3. The maximum atomic E-state index is 12.9. The number of hydrogen-bond acceptors (Lipinski definition) is 4. The van der Waals surface area contributed by atoms with Crippen LogP contribution in [0.2, 0.25) is 0 Å². The molecule has 26 heavy (non-hydrogen) atoms. The summed E-state index contributed by atoms with van der Waals surface area (Å²) in [6.07, 6.45) is 6.16. The van der Waals surface area contributed by atoms with Gasteiger partial charge in [0.25, 0.3) is 5.91 Å². The minimum atomic E-state index is -1.21. The third-order valence-electron chi connectivity index (χ3n) is 6.42. The first-order valence-corrected chi connectivity index (χ1v) is 9.32. The van der Waals surface area contributed by atoms with Gasteiger partial charge in [0.15, 0.2) is 6.61 Å². The molecule has 1 amide bonds. The predicted octanol–water partition coefficient (Wildman–Crippen LogP) is 1.66. The first-order valence-electron chi connectivity index (χ1n) is 9.32. The van der Waals surface area contributed by atoms with E-state index >= 15 is 0 Å². The summed E-state index contributed by atoms with van der Waals surface area (Å²) in [5, 5.41) is 14.5. The van der Waals surface area contributed by atoms with Crippen molar-refractivity contribution in [2.75, 3.05) is 6.61 Å². The van der Waals surface area contributed by atoms with E-state index < -0.39 is 17.9 Å². The molecule has 4 aliphatic carbocycles. The number of carbonyl (C=O) groups is 2. The summed E-state index contributed by atoms with van der Waals surface area (Å²) in [4.78, 5) is 24.1. The Hall–Kier alpha value is -2.11. The second kappa shape index (κ2) is 6.56. The Labute approximate surface area is 151 Å². The second-order valence-corrected chi connectivity index (χ2v) is 8.34. The molecule has 1 aromatic carbocycles. The summed E-state index contributed by atoms with van der Waals surface area (Å²) >= 11 is 0. The summed E-state index contributed by atoms with van der Waals surface area (Å²) in [7, 11) is 0. The summed E-state index contributed by atoms with van der Waals surface area (Å²) < 4.78 is 18.2. The zero-order valence-electron chi connectivity index (χ0n) is 14.6. The standard InChI is InChI=1S/C20H24FNO4/c21-15-1-3-16(4-2-15)26-11-17(23)22-18(19(24)25)20-8-12-5-13(9-20)7-14(6-12)10-20/h1-4,12-14,18H,5-11H2,(H,22,23)(H,24,25)/p-1/t12?,13?,14?,18-,20?/m0/s1. The van der Waals surface area contributed by atoms with Crippen LogP contribution in [0.4, 0.5) is 4.39 Å². The van der Waals surface area contributed by atoms with Crippen molar-refractivity contribution < 1.29 is 23.8 Å². The third kappa shape index (κ3) is 3.29. The van der Waals surface area contributed by atoms with Gasteiger partial charge in [-0.1, -0.05) is 0 Å². The first-order chi connectivity index (χ1) is 12.4. The lowest BCUT2D eigenvalue weighted by Gasteiger charge is -2.59. The van der Waals surface area contributed by atoms with E-state index in [1.54, 1.807) is 0 Å². The molecule has 0 heterocycles. The molecule has 0 spiro atoms. The second-order valence-electron chi connectivity index (χ2n) is 8.34. The highest BCUT2D eigenvalue weighted by Gasteiger charge is 2.54. The van der Waals surface area contributed by atoms with Gasteiger partial charge in [-0.3, -0.25) is 4.79 Å². The molecular formula is C20H23FNO4-. The number of aliphatic carboxylic acids is 1. The van der Waals surface area contributed by atoms with Gasteiger partial charge >= 0.3 is 0 Å². The minimum absolute atomic E-state index is 0.304. The van der Waals surface area contributed by atoms with Crippen molar-refractivity contribution in [3.63, 3.8) is 0 Å². The maximum absolute atomic E-state index is 12.9. The molecule has 6 heteroatoms. The van der Waals surface area contributed by atoms with E-state index in [4.69, 9.17) is 4.74 Å². The topological polar surface area (TPSA) is 78.5 Å². The molecule has 1 aromatic rings. The number of ether oxygens (including phenoxy) is 1. The molecule has 0 aromatic heterocycles. The van der Waals surface area contributed by atoms with Crippen molar-refractivity contribution >= 4 is 11.9 Å². The fourth-order valence-corrected chi connectivity index (χ4v) is 5.88. The van der Waals surface area contributed by atoms with Crippen molar-refractivity contribution in [1.29, 1.82) is 0 Å². The minimum Gasteiger partial charge on any atom is -0.548 e. The molecule has 0 unspecified atom stereocenters. The number of rotatable bonds is 6. The molecule has 140 valence electrons. The monoisotopic (exact) mass is 360 g/mol. The van der Waals surface area contributed by atoms with Crippen LogP contribution in [0.1, 0.15) is 38.5 Å². The number of hydrogen-bond donors (Lipinski definition) is 1. The number of carboxylic acid groups (broad SMARTS) is 1. The lowest BCUT2D eigenvalue weighted by molar-refractivity contribution is -0.313. The highest BCUT2D eigenvalue weighted by atomic mass is 19.1. The van der Waals surface area contributed by atoms with E-state index in [1.807, 2.05) is 0 Å². The summed E-state index contributed by atoms with van der Waals surface area (Å²) in [5.74, 6) is 0.0183. The quantitative estimate of drug-likeness (QED) is 0.837. The SMILES string of the molecule is O=C(COc1ccc(F)cc1)N[C@@H](C(=O)[O-])C12CC3CC(CC(C3)C1)C2. The molecule has 4 aliphatic rings. The number of carbonyl (C=O) groups excluding carboxylic acids is 2. The Morgan fingerprint density at radius 1 is 1.12 bits per heavy atom. The molecule has 4 fully saturated rings. The number of halogens is 1. The molecule has 0 aliphatic heterocycles. The molecule has 4 bridgehead atoms. The molecule has 1 N–H and O–H groups in total. The van der Waals surface area contributed by atoms with E-state index in [0.717, 1.165) is 19.3 Å². The van der Waals surface area contributed by atoms with Crippen LogP contribution in [0.3, 0.4) is 0 Å². The van der Waals surface area contributed by atoms with Gasteiger partial charge in [0, 0.05) is 0 Å². The predicted molar refractivity (Wildman–Crippen MR) is 89.4 cm³/mol. The van der Waals surface area contributed by atoms with Crippen molar-refractivity contribution in [3.05, 3.63) is 30.1 Å².